The average molecular weight is 220 g/mol. The van der Waals surface area contributed by atoms with Crippen LogP contribution in [0, 0.1) is 0 Å². The zero-order valence-corrected chi connectivity index (χ0v) is 11.2. The first-order valence-electron chi connectivity index (χ1n) is 6.26. The van der Waals surface area contributed by atoms with Gasteiger partial charge in [0.1, 0.15) is 5.75 Å². The van der Waals surface area contributed by atoms with E-state index >= 15 is 0 Å². The maximum absolute atomic E-state index is 5.76. The summed E-state index contributed by atoms with van der Waals surface area (Å²) in [5.74, 6) is 0.977. The van der Waals surface area contributed by atoms with Gasteiger partial charge in [0.2, 0.25) is 0 Å². The van der Waals surface area contributed by atoms with Crippen LogP contribution in [0.1, 0.15) is 53.0 Å². The molecule has 0 saturated heterocycles. The molecule has 0 aliphatic heterocycles. The lowest BCUT2D eigenvalue weighted by molar-refractivity contribution is 0.217. The highest BCUT2D eigenvalue weighted by atomic mass is 16.5. The van der Waals surface area contributed by atoms with Crippen molar-refractivity contribution in [2.45, 2.75) is 59.0 Å². The van der Waals surface area contributed by atoms with Crippen molar-refractivity contribution in [3.63, 3.8) is 0 Å². The third-order valence-electron chi connectivity index (χ3n) is 3.43. The molecule has 0 aliphatic rings. The van der Waals surface area contributed by atoms with Gasteiger partial charge in [0.15, 0.2) is 0 Å². The molecule has 0 spiro atoms. The van der Waals surface area contributed by atoms with Crippen LogP contribution >= 0.6 is 0 Å². The first-order valence-corrected chi connectivity index (χ1v) is 6.26. The molecule has 0 bridgehead atoms. The van der Waals surface area contributed by atoms with Gasteiger partial charge >= 0.3 is 0 Å². The van der Waals surface area contributed by atoms with E-state index in [9.17, 15) is 0 Å². The summed E-state index contributed by atoms with van der Waals surface area (Å²) in [6.07, 6.45) is 2.49. The van der Waals surface area contributed by atoms with Crippen LogP contribution in [-0.2, 0) is 5.41 Å². The lowest BCUT2D eigenvalue weighted by Gasteiger charge is -2.23. The second-order valence-corrected chi connectivity index (χ2v) is 5.10. The molecule has 0 fully saturated rings. The molecule has 1 aromatic carbocycles. The predicted molar refractivity (Wildman–Crippen MR) is 70.1 cm³/mol. The molecule has 0 N–H and O–H groups in total. The van der Waals surface area contributed by atoms with Crippen molar-refractivity contribution in [1.29, 1.82) is 0 Å². The average Bonchev–Trinajstić information content (AvgIpc) is 2.29. The summed E-state index contributed by atoms with van der Waals surface area (Å²) in [5, 5.41) is 0. The van der Waals surface area contributed by atoms with E-state index in [2.05, 4.69) is 58.9 Å². The SMILES string of the molecule is CCC(C)Oc1ccc(C(C)(C)CC)cc1. The maximum Gasteiger partial charge on any atom is 0.119 e. The molecule has 1 aromatic rings. The minimum atomic E-state index is 0.259. The summed E-state index contributed by atoms with van der Waals surface area (Å²) < 4.78 is 5.76. The van der Waals surface area contributed by atoms with Gasteiger partial charge in [-0.25, -0.2) is 0 Å². The van der Waals surface area contributed by atoms with Gasteiger partial charge in [0.25, 0.3) is 0 Å². The second kappa shape index (κ2) is 5.38. The van der Waals surface area contributed by atoms with E-state index < -0.39 is 0 Å². The Kier molecular flexibility index (Phi) is 4.40. The lowest BCUT2D eigenvalue weighted by atomic mass is 9.82. The summed E-state index contributed by atoms with van der Waals surface area (Å²) >= 11 is 0. The van der Waals surface area contributed by atoms with Crippen molar-refractivity contribution in [1.82, 2.24) is 0 Å². The Bertz CT molecular complexity index is 311. The van der Waals surface area contributed by atoms with Crippen molar-refractivity contribution < 1.29 is 4.74 Å². The molecule has 1 heteroatoms. The predicted octanol–water partition coefficient (Wildman–Crippen LogP) is 4.55. The van der Waals surface area contributed by atoms with Gasteiger partial charge in [-0.3, -0.25) is 0 Å². The Morgan fingerprint density at radius 1 is 1.12 bits per heavy atom. The molecule has 90 valence electrons. The fourth-order valence-electron chi connectivity index (χ4n) is 1.50. The Hall–Kier alpha value is -0.980. The van der Waals surface area contributed by atoms with Gasteiger partial charge in [-0.15, -0.1) is 0 Å². The molecule has 1 unspecified atom stereocenters. The zero-order chi connectivity index (χ0) is 12.2. The van der Waals surface area contributed by atoms with Gasteiger partial charge in [0.05, 0.1) is 6.10 Å². The van der Waals surface area contributed by atoms with Gasteiger partial charge < -0.3 is 4.74 Å². The number of ether oxygens (including phenoxy) is 1. The maximum atomic E-state index is 5.76. The van der Waals surface area contributed by atoms with Crippen molar-refractivity contribution in [3.8, 4) is 5.75 Å². The summed E-state index contributed by atoms with van der Waals surface area (Å²) in [5.41, 5.74) is 1.64. The number of rotatable bonds is 5. The fourth-order valence-corrected chi connectivity index (χ4v) is 1.50. The third kappa shape index (κ3) is 3.26. The molecule has 0 radical (unpaired) electrons. The summed E-state index contributed by atoms with van der Waals surface area (Å²) in [7, 11) is 0. The van der Waals surface area contributed by atoms with Crippen LogP contribution in [0.4, 0.5) is 0 Å². The minimum Gasteiger partial charge on any atom is -0.491 e. The molecule has 0 aromatic heterocycles. The van der Waals surface area contributed by atoms with E-state index in [4.69, 9.17) is 4.74 Å². The Balaban J connectivity index is 2.75. The fraction of sp³-hybridized carbons (Fsp3) is 0.600. The van der Waals surface area contributed by atoms with E-state index in [1.165, 1.54) is 5.56 Å². The highest BCUT2D eigenvalue weighted by Crippen LogP contribution is 2.28. The van der Waals surface area contributed by atoms with Crippen LogP contribution in [-0.4, -0.2) is 6.10 Å². The molecule has 1 nitrogen and oxygen atoms in total. The van der Waals surface area contributed by atoms with Gasteiger partial charge in [-0.1, -0.05) is 39.8 Å². The molecule has 1 rings (SSSR count). The Labute approximate surface area is 99.8 Å². The van der Waals surface area contributed by atoms with Crippen molar-refractivity contribution >= 4 is 0 Å². The number of hydrogen-bond donors (Lipinski definition) is 0. The molecule has 0 heterocycles. The quantitative estimate of drug-likeness (QED) is 0.707. The van der Waals surface area contributed by atoms with E-state index in [0.717, 1.165) is 18.6 Å². The number of benzene rings is 1. The normalized spacial score (nSPS) is 13.6. The largest absolute Gasteiger partial charge is 0.491 e. The summed E-state index contributed by atoms with van der Waals surface area (Å²) in [6.45, 7) is 11.0. The van der Waals surface area contributed by atoms with Crippen LogP contribution in [0.2, 0.25) is 0 Å². The van der Waals surface area contributed by atoms with E-state index in [1.807, 2.05) is 0 Å². The highest BCUT2D eigenvalue weighted by molar-refractivity contribution is 5.31. The molecular weight excluding hydrogens is 196 g/mol. The van der Waals surface area contributed by atoms with Crippen molar-refractivity contribution in [2.75, 3.05) is 0 Å². The molecule has 1 atom stereocenters. The van der Waals surface area contributed by atoms with Gasteiger partial charge in [0, 0.05) is 0 Å². The highest BCUT2D eigenvalue weighted by Gasteiger charge is 2.17. The smallest absolute Gasteiger partial charge is 0.119 e. The van der Waals surface area contributed by atoms with Crippen LogP contribution in [0.5, 0.6) is 5.75 Å². The molecule has 16 heavy (non-hydrogen) atoms. The van der Waals surface area contributed by atoms with Crippen LogP contribution < -0.4 is 4.74 Å². The first-order chi connectivity index (χ1) is 7.49. The van der Waals surface area contributed by atoms with E-state index in [1.54, 1.807) is 0 Å². The Morgan fingerprint density at radius 3 is 2.12 bits per heavy atom. The molecule has 0 amide bonds. The molecule has 0 aliphatic carbocycles. The van der Waals surface area contributed by atoms with Gasteiger partial charge in [-0.2, -0.15) is 0 Å². The van der Waals surface area contributed by atoms with Crippen LogP contribution in [0.3, 0.4) is 0 Å². The zero-order valence-electron chi connectivity index (χ0n) is 11.2. The monoisotopic (exact) mass is 220 g/mol. The van der Waals surface area contributed by atoms with Crippen LogP contribution in [0.15, 0.2) is 24.3 Å². The number of hydrogen-bond acceptors (Lipinski definition) is 1. The van der Waals surface area contributed by atoms with Gasteiger partial charge in [-0.05, 0) is 42.9 Å². The lowest BCUT2D eigenvalue weighted by Crippen LogP contribution is -2.15. The topological polar surface area (TPSA) is 9.23 Å². The molecule has 0 saturated carbocycles. The van der Waals surface area contributed by atoms with Crippen LogP contribution in [0.25, 0.3) is 0 Å². The second-order valence-electron chi connectivity index (χ2n) is 5.10. The van der Waals surface area contributed by atoms with Crippen molar-refractivity contribution in [3.05, 3.63) is 29.8 Å². The summed E-state index contributed by atoms with van der Waals surface area (Å²) in [6, 6.07) is 8.53. The molecular formula is C15H24O. The van der Waals surface area contributed by atoms with E-state index in [0.29, 0.717) is 6.10 Å². The Morgan fingerprint density at radius 2 is 1.69 bits per heavy atom. The summed E-state index contributed by atoms with van der Waals surface area (Å²) in [4.78, 5) is 0. The first kappa shape index (κ1) is 13.1. The van der Waals surface area contributed by atoms with E-state index in [-0.39, 0.29) is 5.41 Å². The third-order valence-corrected chi connectivity index (χ3v) is 3.43. The minimum absolute atomic E-state index is 0.259. The van der Waals surface area contributed by atoms with Crippen molar-refractivity contribution in [2.24, 2.45) is 0 Å². The standard InChI is InChI=1S/C15H24O/c1-6-12(3)16-14-10-8-13(9-11-14)15(4,5)7-2/h8-12H,6-7H2,1-5H3.